The van der Waals surface area contributed by atoms with E-state index in [1.54, 1.807) is 0 Å². The topological polar surface area (TPSA) is 295 Å². The third-order valence-electron chi connectivity index (χ3n) is 2.67. The van der Waals surface area contributed by atoms with Crippen LogP contribution in [0.4, 0.5) is 0 Å². The average molecular weight is 588 g/mol. The molecule has 0 spiro atoms. The van der Waals surface area contributed by atoms with Crippen LogP contribution < -0.4 is 118 Å². The predicted molar refractivity (Wildman–Crippen MR) is 70.2 cm³/mol. The minimum atomic E-state index is -5.88. The van der Waals surface area contributed by atoms with Crippen LogP contribution >= 0.6 is 0 Å². The summed E-state index contributed by atoms with van der Waals surface area (Å²) in [5, 5.41) is 9.62. The molecule has 0 saturated carbocycles. The fraction of sp³-hybridized carbons (Fsp3) is 1.00. The molecule has 0 aliphatic carbocycles. The predicted octanol–water partition coefficient (Wildman–Crippen LogP) is -17.3. The number of aliphatic hydroxyl groups excluding tert-OH is 1. The van der Waals surface area contributed by atoms with E-state index in [-0.39, 0.29) is 118 Å². The number of rotatable bonds is 9. The Hall–Kier alpha value is 3.40. The summed E-state index contributed by atoms with van der Waals surface area (Å²) in [5.74, 6) is 0. The SMILES string of the molecule is O=S(=O)([O-])OC[C@H]1O[C@H](O)[C@@H](OS(=O)(=O)[O-])[C@@H](OS(=O)(=O)[O-])[C@@H]1OS(=O)(=O)[O-].[Na+].[Na+].[Na+].[Na+]. The zero-order valence-corrected chi connectivity index (χ0v) is 27.9. The fourth-order valence-corrected chi connectivity index (χ4v) is 3.69. The third-order valence-corrected chi connectivity index (χ3v) is 4.47. The van der Waals surface area contributed by atoms with E-state index in [4.69, 9.17) is 0 Å². The van der Waals surface area contributed by atoms with Gasteiger partial charge in [0.25, 0.3) is 0 Å². The molecule has 168 valence electrons. The molecule has 0 radical (unpaired) electrons. The van der Waals surface area contributed by atoms with E-state index >= 15 is 0 Å². The van der Waals surface area contributed by atoms with Gasteiger partial charge in [-0.3, -0.25) is 16.7 Å². The van der Waals surface area contributed by atoms with Crippen LogP contribution in [0.3, 0.4) is 0 Å². The number of aliphatic hydroxyl groups is 1. The van der Waals surface area contributed by atoms with Crippen molar-refractivity contribution in [2.45, 2.75) is 30.7 Å². The molecule has 18 nitrogen and oxygen atoms in total. The summed E-state index contributed by atoms with van der Waals surface area (Å²) in [6.07, 6.45) is -13.5. The van der Waals surface area contributed by atoms with Gasteiger partial charge in [-0.1, -0.05) is 0 Å². The number of hydrogen-bond acceptors (Lipinski definition) is 18. The molecule has 26 heteroatoms. The van der Waals surface area contributed by atoms with E-state index in [9.17, 15) is 57.0 Å². The molecule has 0 aromatic rings. The van der Waals surface area contributed by atoms with Crippen molar-refractivity contribution >= 4 is 41.6 Å². The van der Waals surface area contributed by atoms with Gasteiger partial charge >= 0.3 is 118 Å². The molecule has 0 amide bonds. The van der Waals surface area contributed by atoms with Crippen LogP contribution in [-0.4, -0.2) is 94.3 Å². The first-order valence-corrected chi connectivity index (χ1v) is 11.5. The molecular formula is C6H8Na4O18S4. The van der Waals surface area contributed by atoms with Crippen molar-refractivity contribution in [2.24, 2.45) is 0 Å². The number of ether oxygens (including phenoxy) is 1. The molecule has 1 fully saturated rings. The van der Waals surface area contributed by atoms with Crippen LogP contribution in [0.1, 0.15) is 0 Å². The molecular weight excluding hydrogens is 580 g/mol. The van der Waals surface area contributed by atoms with Gasteiger partial charge in [-0.2, -0.15) is 0 Å². The maximum atomic E-state index is 10.8. The minimum absolute atomic E-state index is 0. The van der Waals surface area contributed by atoms with E-state index in [1.165, 1.54) is 0 Å². The van der Waals surface area contributed by atoms with Crippen LogP contribution in [0.15, 0.2) is 0 Å². The summed E-state index contributed by atoms with van der Waals surface area (Å²) in [7, 11) is -23.0. The zero-order valence-electron chi connectivity index (χ0n) is 16.6. The largest absolute Gasteiger partial charge is 1.00 e. The summed E-state index contributed by atoms with van der Waals surface area (Å²) < 4.78 is 148. The Morgan fingerprint density at radius 2 is 0.969 bits per heavy atom. The van der Waals surface area contributed by atoms with Crippen molar-refractivity contribution in [3.63, 3.8) is 0 Å². The molecule has 0 aromatic carbocycles. The molecule has 1 saturated heterocycles. The van der Waals surface area contributed by atoms with Gasteiger partial charge in [0, 0.05) is 0 Å². The van der Waals surface area contributed by atoms with Gasteiger partial charge in [0.1, 0.15) is 18.3 Å². The van der Waals surface area contributed by atoms with E-state index < -0.39 is 78.9 Å². The minimum Gasteiger partial charge on any atom is -0.726 e. The van der Waals surface area contributed by atoms with Gasteiger partial charge in [0.05, 0.1) is 6.61 Å². The second-order valence-corrected chi connectivity index (χ2v) is 8.74. The Labute approximate surface area is 271 Å². The first-order valence-electron chi connectivity index (χ1n) is 6.13. The molecule has 1 aliphatic heterocycles. The van der Waals surface area contributed by atoms with E-state index in [0.717, 1.165) is 0 Å². The molecule has 0 bridgehead atoms. The summed E-state index contributed by atoms with van der Waals surface area (Å²) >= 11 is 0. The average Bonchev–Trinajstić information content (AvgIpc) is 2.39. The van der Waals surface area contributed by atoms with E-state index in [1.807, 2.05) is 0 Å². The second kappa shape index (κ2) is 16.4. The molecule has 1 heterocycles. The Balaban J connectivity index is -0.000000980. The molecule has 0 aromatic heterocycles. The normalized spacial score (nSPS) is 26.5. The fourth-order valence-electron chi connectivity index (χ4n) is 1.92. The van der Waals surface area contributed by atoms with Crippen molar-refractivity contribution in [1.82, 2.24) is 0 Å². The maximum Gasteiger partial charge on any atom is 1.00 e. The summed E-state index contributed by atoms with van der Waals surface area (Å²) in [4.78, 5) is 0. The molecule has 1 N–H and O–H groups in total. The smallest absolute Gasteiger partial charge is 0.726 e. The van der Waals surface area contributed by atoms with Gasteiger partial charge in [-0.15, -0.1) is 0 Å². The van der Waals surface area contributed by atoms with Gasteiger partial charge < -0.3 is 28.1 Å². The van der Waals surface area contributed by atoms with Crippen molar-refractivity contribution in [3.8, 4) is 0 Å². The quantitative estimate of drug-likeness (QED) is 0.148. The molecule has 5 atom stereocenters. The van der Waals surface area contributed by atoms with E-state index in [0.29, 0.717) is 0 Å². The summed E-state index contributed by atoms with van der Waals surface area (Å²) in [6, 6.07) is 0. The summed E-state index contributed by atoms with van der Waals surface area (Å²) in [5.41, 5.74) is 0. The van der Waals surface area contributed by atoms with Crippen LogP contribution in [-0.2, 0) is 63.1 Å². The van der Waals surface area contributed by atoms with Crippen LogP contribution in [0.5, 0.6) is 0 Å². The van der Waals surface area contributed by atoms with Crippen molar-refractivity contribution in [1.29, 1.82) is 0 Å². The van der Waals surface area contributed by atoms with Crippen molar-refractivity contribution in [3.05, 3.63) is 0 Å². The van der Waals surface area contributed by atoms with Crippen LogP contribution in [0.2, 0.25) is 0 Å². The van der Waals surface area contributed by atoms with Crippen molar-refractivity contribution < 1.29 is 197 Å². The Bertz CT molecular complexity index is 976. The third kappa shape index (κ3) is 17.8. The molecule has 32 heavy (non-hydrogen) atoms. The van der Waals surface area contributed by atoms with Crippen LogP contribution in [0.25, 0.3) is 0 Å². The Morgan fingerprint density at radius 3 is 1.31 bits per heavy atom. The first kappa shape index (κ1) is 42.5. The van der Waals surface area contributed by atoms with Gasteiger partial charge in [0.15, 0.2) is 12.4 Å². The molecule has 1 rings (SSSR count). The Morgan fingerprint density at radius 1 is 0.625 bits per heavy atom. The molecule has 1 aliphatic rings. The number of hydrogen-bond donors (Lipinski definition) is 1. The zero-order chi connectivity index (χ0) is 22.1. The standard InChI is InChI=1S/C6H12O18S4.4Na/c7-6-5(24-28(17,18)19)4(23-27(14,15)16)3(22-26(11,12)13)2(21-6)1-20-25(8,9)10;;;;/h2-7H,1H2,(H,8,9,10)(H,11,12,13)(H,14,15,16)(H,17,18,19);;;;/q;4*+1/p-4/t2-,3-,4+,5+,6+;;;;/m1..../s1. The Kier molecular flexibility index (Phi) is 21.8. The molecule has 0 unspecified atom stereocenters. The monoisotopic (exact) mass is 588 g/mol. The van der Waals surface area contributed by atoms with Gasteiger partial charge in [-0.25, -0.2) is 33.7 Å². The van der Waals surface area contributed by atoms with Gasteiger partial charge in [-0.05, 0) is 0 Å². The first-order chi connectivity index (χ1) is 12.3. The van der Waals surface area contributed by atoms with Gasteiger partial charge in [0.2, 0.25) is 41.6 Å². The van der Waals surface area contributed by atoms with Crippen molar-refractivity contribution in [2.75, 3.05) is 6.61 Å². The second-order valence-electron chi connectivity index (χ2n) is 4.67. The van der Waals surface area contributed by atoms with E-state index in [2.05, 4.69) is 21.5 Å². The summed E-state index contributed by atoms with van der Waals surface area (Å²) in [6.45, 7) is -1.54. The van der Waals surface area contributed by atoms with Crippen LogP contribution in [0, 0.1) is 0 Å². The maximum absolute atomic E-state index is 10.8.